The molecule has 1 rings (SSSR count). The number of nitrogens with one attached hydrogen (secondary N) is 1. The summed E-state index contributed by atoms with van der Waals surface area (Å²) >= 11 is 4.53. The van der Waals surface area contributed by atoms with Gasteiger partial charge >= 0.3 is 0 Å². The molecule has 0 saturated carbocycles. The Morgan fingerprint density at radius 3 is 2.78 bits per heavy atom. The molecule has 7 nitrogen and oxygen atoms in total. The Hall–Kier alpha value is -1.71. The highest BCUT2D eigenvalue weighted by molar-refractivity contribution is 7.86. The summed E-state index contributed by atoms with van der Waals surface area (Å²) in [5.41, 5.74) is 7.89. The number of rotatable bonds is 4. The molecule has 0 unspecified atom stereocenters. The number of methoxy groups -OCH3 is 1. The molecule has 9 heteroatoms. The molecule has 0 spiro atoms. The summed E-state index contributed by atoms with van der Waals surface area (Å²) in [6, 6.07) is 4.16. The minimum absolute atomic E-state index is 0.0187. The molecular weight excluding hydrogens is 278 g/mol. The first-order valence-corrected chi connectivity index (χ1v) is 6.43. The molecule has 0 bridgehead atoms. The van der Waals surface area contributed by atoms with E-state index in [9.17, 15) is 8.42 Å². The molecule has 0 radical (unpaired) electrons. The van der Waals surface area contributed by atoms with Crippen molar-refractivity contribution in [1.82, 2.24) is 5.43 Å². The molecule has 98 valence electrons. The summed E-state index contributed by atoms with van der Waals surface area (Å²) in [6.07, 6.45) is 1.30. The van der Waals surface area contributed by atoms with E-state index in [2.05, 4.69) is 22.7 Å². The molecule has 0 aliphatic carbocycles. The van der Waals surface area contributed by atoms with E-state index in [1.807, 2.05) is 0 Å². The van der Waals surface area contributed by atoms with Gasteiger partial charge in [-0.15, -0.1) is 0 Å². The molecule has 1 aromatic carbocycles. The summed E-state index contributed by atoms with van der Waals surface area (Å²) in [4.78, 5) is -0.343. The third-order valence-electron chi connectivity index (χ3n) is 1.85. The van der Waals surface area contributed by atoms with Crippen molar-refractivity contribution in [1.29, 1.82) is 0 Å². The molecule has 0 heterocycles. The van der Waals surface area contributed by atoms with Gasteiger partial charge in [-0.05, 0) is 36.0 Å². The first kappa shape index (κ1) is 14.4. The fourth-order valence-corrected chi connectivity index (χ4v) is 1.89. The van der Waals surface area contributed by atoms with E-state index in [1.165, 1.54) is 25.5 Å². The van der Waals surface area contributed by atoms with Crippen molar-refractivity contribution < 1.29 is 17.7 Å². The fraction of sp³-hybridized carbons (Fsp3) is 0.111. The zero-order valence-corrected chi connectivity index (χ0v) is 11.0. The average Bonchev–Trinajstić information content (AvgIpc) is 2.27. The Labute approximate surface area is 109 Å². The second-order valence-corrected chi connectivity index (χ2v) is 4.95. The summed E-state index contributed by atoms with van der Waals surface area (Å²) in [5, 5.41) is 3.64. The highest BCUT2D eigenvalue weighted by Crippen LogP contribution is 2.23. The third kappa shape index (κ3) is 3.95. The van der Waals surface area contributed by atoms with Gasteiger partial charge in [-0.1, -0.05) is 0 Å². The average molecular weight is 289 g/mol. The maximum absolute atomic E-state index is 11.1. The predicted molar refractivity (Wildman–Crippen MR) is 70.3 cm³/mol. The van der Waals surface area contributed by atoms with E-state index in [1.54, 1.807) is 6.07 Å². The van der Waals surface area contributed by atoms with Crippen LogP contribution in [0.15, 0.2) is 28.2 Å². The van der Waals surface area contributed by atoms with Crippen LogP contribution in [0.25, 0.3) is 0 Å². The van der Waals surface area contributed by atoms with Gasteiger partial charge in [0, 0.05) is 0 Å². The second-order valence-electron chi connectivity index (χ2n) is 3.12. The number of nitrogens with two attached hydrogens (primary N) is 1. The number of hydrazone groups is 1. The van der Waals surface area contributed by atoms with Crippen molar-refractivity contribution in [3.8, 4) is 5.75 Å². The van der Waals surface area contributed by atoms with Gasteiger partial charge in [0.05, 0.1) is 13.3 Å². The third-order valence-corrected chi connectivity index (χ3v) is 2.82. The molecule has 0 atom stereocenters. The van der Waals surface area contributed by atoms with Gasteiger partial charge in [-0.3, -0.25) is 9.98 Å². The first-order chi connectivity index (χ1) is 8.34. The van der Waals surface area contributed by atoms with E-state index in [-0.39, 0.29) is 15.8 Å². The quantitative estimate of drug-likeness (QED) is 0.312. The molecule has 0 amide bonds. The van der Waals surface area contributed by atoms with Crippen LogP contribution in [0.3, 0.4) is 0 Å². The van der Waals surface area contributed by atoms with Gasteiger partial charge in [0.25, 0.3) is 10.1 Å². The lowest BCUT2D eigenvalue weighted by atomic mass is 10.2. The number of nitrogens with zero attached hydrogens (tertiary/aromatic N) is 1. The molecule has 4 N–H and O–H groups in total. The number of hydrogen-bond acceptors (Lipinski definition) is 5. The van der Waals surface area contributed by atoms with Crippen LogP contribution < -0.4 is 15.9 Å². The van der Waals surface area contributed by atoms with Gasteiger partial charge in [0.1, 0.15) is 10.6 Å². The van der Waals surface area contributed by atoms with Crippen LogP contribution in [-0.4, -0.2) is 31.4 Å². The van der Waals surface area contributed by atoms with Crippen LogP contribution in [0.5, 0.6) is 5.75 Å². The minimum atomic E-state index is -4.37. The maximum Gasteiger partial charge on any atom is 0.298 e. The summed E-state index contributed by atoms with van der Waals surface area (Å²) < 4.78 is 36.1. The van der Waals surface area contributed by atoms with Crippen molar-refractivity contribution >= 4 is 33.7 Å². The van der Waals surface area contributed by atoms with Crippen molar-refractivity contribution in [2.75, 3.05) is 7.11 Å². The van der Waals surface area contributed by atoms with E-state index in [4.69, 9.17) is 15.0 Å². The highest BCUT2D eigenvalue weighted by Gasteiger charge is 2.16. The zero-order chi connectivity index (χ0) is 13.8. The van der Waals surface area contributed by atoms with E-state index >= 15 is 0 Å². The van der Waals surface area contributed by atoms with Crippen molar-refractivity contribution in [3.63, 3.8) is 0 Å². The monoisotopic (exact) mass is 289 g/mol. The van der Waals surface area contributed by atoms with Crippen molar-refractivity contribution in [2.24, 2.45) is 10.8 Å². The topological polar surface area (TPSA) is 114 Å². The van der Waals surface area contributed by atoms with Crippen LogP contribution in [0.4, 0.5) is 0 Å². The lowest BCUT2D eigenvalue weighted by molar-refractivity contribution is 0.397. The molecule has 0 fully saturated rings. The van der Waals surface area contributed by atoms with Gasteiger partial charge in [-0.25, -0.2) is 0 Å². The number of thiocarbonyl (C=S) groups is 1. The highest BCUT2D eigenvalue weighted by atomic mass is 32.2. The molecule has 18 heavy (non-hydrogen) atoms. The molecule has 0 aliphatic rings. The van der Waals surface area contributed by atoms with Gasteiger partial charge < -0.3 is 10.5 Å². The summed E-state index contributed by atoms with van der Waals surface area (Å²) in [7, 11) is -3.07. The lowest BCUT2D eigenvalue weighted by Crippen LogP contribution is -2.24. The van der Waals surface area contributed by atoms with Gasteiger partial charge in [0.2, 0.25) is 0 Å². The summed E-state index contributed by atoms with van der Waals surface area (Å²) in [5.74, 6) is 0.0388. The number of ether oxygens (including phenoxy) is 1. The number of benzene rings is 1. The lowest BCUT2D eigenvalue weighted by Gasteiger charge is -2.06. The second kappa shape index (κ2) is 5.76. The zero-order valence-electron chi connectivity index (χ0n) is 9.32. The maximum atomic E-state index is 11.1. The van der Waals surface area contributed by atoms with Gasteiger partial charge in [-0.2, -0.15) is 13.5 Å². The van der Waals surface area contributed by atoms with Crippen molar-refractivity contribution in [2.45, 2.75) is 4.90 Å². The van der Waals surface area contributed by atoms with Crippen LogP contribution in [-0.2, 0) is 10.1 Å². The molecule has 1 aromatic rings. The Balaban J connectivity index is 3.12. The van der Waals surface area contributed by atoms with E-state index < -0.39 is 10.1 Å². The predicted octanol–water partition coefficient (Wildman–Crippen LogP) is 0.109. The van der Waals surface area contributed by atoms with Crippen LogP contribution >= 0.6 is 12.2 Å². The molecule has 0 aliphatic heterocycles. The standard InChI is InChI=1S/C9H11N3O4S2/c1-16-7-3-2-6(5-11-12-9(10)17)4-8(7)18(13,14)15/h2-5H,1H3,(H3,10,12,17)(H,13,14,15)/b11-5+. The normalized spacial score (nSPS) is 11.4. The number of hydrogen-bond donors (Lipinski definition) is 3. The molecule has 0 aromatic heterocycles. The first-order valence-electron chi connectivity index (χ1n) is 4.58. The molecule has 0 saturated heterocycles. The van der Waals surface area contributed by atoms with Crippen LogP contribution in [0.2, 0.25) is 0 Å². The minimum Gasteiger partial charge on any atom is -0.495 e. The largest absolute Gasteiger partial charge is 0.495 e. The van der Waals surface area contributed by atoms with Gasteiger partial charge in [0.15, 0.2) is 5.11 Å². The van der Waals surface area contributed by atoms with E-state index in [0.717, 1.165) is 0 Å². The molecular formula is C9H11N3O4S2. The Morgan fingerprint density at radius 1 is 1.61 bits per heavy atom. The van der Waals surface area contributed by atoms with Crippen molar-refractivity contribution in [3.05, 3.63) is 23.8 Å². The van der Waals surface area contributed by atoms with Crippen LogP contribution in [0, 0.1) is 0 Å². The Morgan fingerprint density at radius 2 is 2.28 bits per heavy atom. The van der Waals surface area contributed by atoms with Crippen LogP contribution in [0.1, 0.15) is 5.56 Å². The van der Waals surface area contributed by atoms with E-state index in [0.29, 0.717) is 5.56 Å². The SMILES string of the molecule is COc1ccc(/C=N/NC(N)=S)cc1S(=O)(=O)O. The Kier molecular flexibility index (Phi) is 4.59. The fourth-order valence-electron chi connectivity index (χ4n) is 1.15. The Bertz CT molecular complexity index is 583. The summed E-state index contributed by atoms with van der Waals surface area (Å²) in [6.45, 7) is 0. The smallest absolute Gasteiger partial charge is 0.298 e.